The molecule has 0 radical (unpaired) electrons. The van der Waals surface area contributed by atoms with E-state index in [4.69, 9.17) is 9.84 Å². The minimum Gasteiger partial charge on any atom is -0.481 e. The van der Waals surface area contributed by atoms with Crippen LogP contribution in [0, 0.1) is 0 Å². The number of methoxy groups -OCH3 is 1. The lowest BCUT2D eigenvalue weighted by Gasteiger charge is -2.23. The Balaban J connectivity index is 4.10. The van der Waals surface area contributed by atoms with Crippen LogP contribution in [0.3, 0.4) is 0 Å². The van der Waals surface area contributed by atoms with Crippen molar-refractivity contribution in [3.8, 4) is 0 Å². The molecule has 0 saturated heterocycles. The molecule has 0 aliphatic heterocycles. The van der Waals surface area contributed by atoms with Crippen LogP contribution in [-0.4, -0.2) is 74.2 Å². The molecule has 0 rings (SSSR count). The van der Waals surface area contributed by atoms with Crippen molar-refractivity contribution in [1.29, 1.82) is 0 Å². The number of hydrogen-bond donors (Lipinski definition) is 1. The van der Waals surface area contributed by atoms with E-state index >= 15 is 0 Å². The Bertz CT molecular complexity index is 256. The number of nitrogens with zero attached hydrogens (tertiary/aromatic N) is 2. The average molecular weight is 260 g/mol. The Kier molecular flexibility index (Phi) is 9.22. The highest BCUT2D eigenvalue weighted by Gasteiger charge is 2.14. The fraction of sp³-hybridized carbons (Fsp3) is 0.833. The molecule has 0 atom stereocenters. The van der Waals surface area contributed by atoms with Gasteiger partial charge in [0.1, 0.15) is 0 Å². The zero-order valence-corrected chi connectivity index (χ0v) is 11.5. The van der Waals surface area contributed by atoms with Crippen LogP contribution >= 0.6 is 0 Å². The summed E-state index contributed by atoms with van der Waals surface area (Å²) >= 11 is 0. The van der Waals surface area contributed by atoms with E-state index in [0.29, 0.717) is 19.7 Å². The molecule has 1 N–H and O–H groups in total. The highest BCUT2D eigenvalue weighted by molar-refractivity contribution is 5.80. The molecular formula is C12H24N2O4. The molecule has 0 spiro atoms. The SMILES string of the molecule is COCCN(CCCN(C)C)C(=O)CCC(=O)O. The number of hydrogen-bond acceptors (Lipinski definition) is 4. The molecule has 0 unspecified atom stereocenters. The number of aliphatic carboxylic acids is 1. The number of carboxylic acid groups (broad SMARTS) is 1. The quantitative estimate of drug-likeness (QED) is 0.611. The number of carbonyl (C=O) groups excluding carboxylic acids is 1. The monoisotopic (exact) mass is 260 g/mol. The first-order valence-electron chi connectivity index (χ1n) is 6.10. The fourth-order valence-corrected chi connectivity index (χ4v) is 1.51. The average Bonchev–Trinajstić information content (AvgIpc) is 2.30. The molecular weight excluding hydrogens is 236 g/mol. The first kappa shape index (κ1) is 16.9. The molecule has 106 valence electrons. The Morgan fingerprint density at radius 1 is 1.11 bits per heavy atom. The number of ether oxygens (including phenoxy) is 1. The first-order chi connectivity index (χ1) is 8.47. The summed E-state index contributed by atoms with van der Waals surface area (Å²) in [7, 11) is 5.54. The minimum atomic E-state index is -0.941. The van der Waals surface area contributed by atoms with E-state index in [1.807, 2.05) is 14.1 Å². The van der Waals surface area contributed by atoms with E-state index < -0.39 is 5.97 Å². The molecule has 0 aliphatic rings. The third-order valence-electron chi connectivity index (χ3n) is 2.50. The van der Waals surface area contributed by atoms with Crippen LogP contribution in [0.1, 0.15) is 19.3 Å². The van der Waals surface area contributed by atoms with E-state index in [9.17, 15) is 9.59 Å². The molecule has 0 aliphatic carbocycles. The number of carbonyl (C=O) groups is 2. The smallest absolute Gasteiger partial charge is 0.303 e. The Morgan fingerprint density at radius 3 is 2.28 bits per heavy atom. The standard InChI is InChI=1S/C12H24N2O4/c1-13(2)7-4-8-14(9-10-18-3)11(15)5-6-12(16)17/h4-10H2,1-3H3,(H,16,17). The zero-order chi connectivity index (χ0) is 14.0. The van der Waals surface area contributed by atoms with Gasteiger partial charge in [0, 0.05) is 26.6 Å². The number of amides is 1. The highest BCUT2D eigenvalue weighted by atomic mass is 16.5. The largest absolute Gasteiger partial charge is 0.481 e. The van der Waals surface area contributed by atoms with Crippen molar-refractivity contribution in [3.63, 3.8) is 0 Å². The Labute approximate surface area is 109 Å². The van der Waals surface area contributed by atoms with Gasteiger partial charge in [0.2, 0.25) is 5.91 Å². The van der Waals surface area contributed by atoms with Crippen molar-refractivity contribution in [3.05, 3.63) is 0 Å². The molecule has 1 amide bonds. The summed E-state index contributed by atoms with van der Waals surface area (Å²) in [4.78, 5) is 26.0. The fourth-order valence-electron chi connectivity index (χ4n) is 1.51. The molecule has 0 saturated carbocycles. The normalized spacial score (nSPS) is 10.7. The maximum atomic E-state index is 11.8. The zero-order valence-electron chi connectivity index (χ0n) is 11.5. The van der Waals surface area contributed by atoms with Gasteiger partial charge in [-0.25, -0.2) is 0 Å². The summed E-state index contributed by atoms with van der Waals surface area (Å²) in [6.07, 6.45) is 0.812. The van der Waals surface area contributed by atoms with E-state index in [1.165, 1.54) is 0 Å². The first-order valence-corrected chi connectivity index (χ1v) is 6.10. The van der Waals surface area contributed by atoms with Crippen molar-refractivity contribution in [2.45, 2.75) is 19.3 Å². The van der Waals surface area contributed by atoms with E-state index in [2.05, 4.69) is 4.90 Å². The second-order valence-corrected chi connectivity index (χ2v) is 4.42. The molecule has 0 bridgehead atoms. The van der Waals surface area contributed by atoms with Gasteiger partial charge in [0.05, 0.1) is 13.0 Å². The van der Waals surface area contributed by atoms with Crippen LogP contribution in [-0.2, 0) is 14.3 Å². The van der Waals surface area contributed by atoms with Crippen LogP contribution in [0.2, 0.25) is 0 Å². The second-order valence-electron chi connectivity index (χ2n) is 4.42. The summed E-state index contributed by atoms with van der Waals surface area (Å²) in [6.45, 7) is 2.53. The molecule has 0 aromatic rings. The van der Waals surface area contributed by atoms with Gasteiger partial charge in [-0.05, 0) is 27.1 Å². The molecule has 18 heavy (non-hydrogen) atoms. The Hall–Kier alpha value is -1.14. The molecule has 0 aromatic heterocycles. The van der Waals surface area contributed by atoms with Gasteiger partial charge in [-0.15, -0.1) is 0 Å². The maximum Gasteiger partial charge on any atom is 0.303 e. The van der Waals surface area contributed by atoms with Crippen LogP contribution in [0.15, 0.2) is 0 Å². The number of rotatable bonds is 10. The lowest BCUT2D eigenvalue weighted by atomic mass is 10.2. The lowest BCUT2D eigenvalue weighted by Crippen LogP contribution is -2.36. The van der Waals surface area contributed by atoms with Crippen molar-refractivity contribution in [2.75, 3.05) is 47.4 Å². The van der Waals surface area contributed by atoms with Gasteiger partial charge >= 0.3 is 5.97 Å². The summed E-state index contributed by atoms with van der Waals surface area (Å²) < 4.78 is 4.95. The summed E-state index contributed by atoms with van der Waals surface area (Å²) in [5.41, 5.74) is 0. The van der Waals surface area contributed by atoms with Crippen LogP contribution in [0.5, 0.6) is 0 Å². The van der Waals surface area contributed by atoms with Crippen LogP contribution < -0.4 is 0 Å². The lowest BCUT2D eigenvalue weighted by molar-refractivity contribution is -0.141. The van der Waals surface area contributed by atoms with E-state index in [1.54, 1.807) is 12.0 Å². The molecule has 0 aromatic carbocycles. The number of carboxylic acids is 1. The van der Waals surface area contributed by atoms with Crippen molar-refractivity contribution in [1.82, 2.24) is 9.80 Å². The van der Waals surface area contributed by atoms with Gasteiger partial charge in [0.25, 0.3) is 0 Å². The molecule has 0 heterocycles. The van der Waals surface area contributed by atoms with Crippen molar-refractivity contribution >= 4 is 11.9 Å². The van der Waals surface area contributed by atoms with Gasteiger partial charge in [-0.1, -0.05) is 0 Å². The van der Waals surface area contributed by atoms with Crippen molar-refractivity contribution in [2.24, 2.45) is 0 Å². The summed E-state index contributed by atoms with van der Waals surface area (Å²) in [5.74, 6) is -1.06. The van der Waals surface area contributed by atoms with Crippen molar-refractivity contribution < 1.29 is 19.4 Å². The topological polar surface area (TPSA) is 70.1 Å². The van der Waals surface area contributed by atoms with E-state index in [0.717, 1.165) is 13.0 Å². The third-order valence-corrected chi connectivity index (χ3v) is 2.50. The van der Waals surface area contributed by atoms with Gasteiger partial charge in [-0.3, -0.25) is 9.59 Å². The third kappa shape index (κ3) is 8.95. The second kappa shape index (κ2) is 9.85. The molecule has 6 nitrogen and oxygen atoms in total. The van der Waals surface area contributed by atoms with Crippen LogP contribution in [0.25, 0.3) is 0 Å². The van der Waals surface area contributed by atoms with Gasteiger partial charge < -0.3 is 19.6 Å². The molecule has 0 fully saturated rings. The Morgan fingerprint density at radius 2 is 1.78 bits per heavy atom. The van der Waals surface area contributed by atoms with Crippen LogP contribution in [0.4, 0.5) is 0 Å². The molecule has 6 heteroatoms. The summed E-state index contributed by atoms with van der Waals surface area (Å²) in [6, 6.07) is 0. The minimum absolute atomic E-state index is 0.0566. The summed E-state index contributed by atoms with van der Waals surface area (Å²) in [5, 5.41) is 8.57. The van der Waals surface area contributed by atoms with Gasteiger partial charge in [0.15, 0.2) is 0 Å². The van der Waals surface area contributed by atoms with E-state index in [-0.39, 0.29) is 18.7 Å². The highest BCUT2D eigenvalue weighted by Crippen LogP contribution is 2.00. The maximum absolute atomic E-state index is 11.8. The predicted molar refractivity (Wildman–Crippen MR) is 68.5 cm³/mol. The van der Waals surface area contributed by atoms with Gasteiger partial charge in [-0.2, -0.15) is 0 Å². The predicted octanol–water partition coefficient (Wildman–Crippen LogP) is 0.278.